The van der Waals surface area contributed by atoms with E-state index in [-0.39, 0.29) is 4.65 Å². The first kappa shape index (κ1) is 15.5. The number of nitriles is 1. The quantitative estimate of drug-likeness (QED) is 0.413. The third-order valence-electron chi connectivity index (χ3n) is 4.55. The van der Waals surface area contributed by atoms with E-state index in [1.54, 1.807) is 35.8 Å². The van der Waals surface area contributed by atoms with Crippen molar-refractivity contribution in [1.82, 2.24) is 4.90 Å². The first-order valence-corrected chi connectivity index (χ1v) is 9.60. The van der Waals surface area contributed by atoms with Gasteiger partial charge in [-0.15, -0.1) is 11.3 Å². The number of rotatable bonds is 0. The molecule has 4 rings (SSSR count). The van der Waals surface area contributed by atoms with Crippen molar-refractivity contribution >= 4 is 39.8 Å². The van der Waals surface area contributed by atoms with E-state index >= 15 is 0 Å². The number of nitrogens with zero attached hydrogens (tertiary/aromatic N) is 4. The van der Waals surface area contributed by atoms with E-state index < -0.39 is 0 Å². The molecule has 0 saturated carbocycles. The van der Waals surface area contributed by atoms with E-state index in [2.05, 4.69) is 21.7 Å². The van der Waals surface area contributed by atoms with Crippen molar-refractivity contribution in [3.8, 4) is 6.07 Å². The highest BCUT2D eigenvalue weighted by atomic mass is 32.1. The molecule has 0 N–H and O–H groups in total. The molecule has 0 spiro atoms. The zero-order chi connectivity index (χ0) is 16.7. The largest absolute Gasteiger partial charge is 0.633 e. The van der Waals surface area contributed by atoms with E-state index in [1.807, 2.05) is 10.8 Å². The number of hydrogen-bond acceptors (Lipinski definition) is 6. The normalized spacial score (nSPS) is 20.8. The average molecular weight is 356 g/mol. The molecule has 7 heteroatoms. The highest BCUT2D eigenvalue weighted by Gasteiger charge is 2.29. The molecule has 122 valence electrons. The van der Waals surface area contributed by atoms with Crippen LogP contribution in [0.2, 0.25) is 0 Å². The van der Waals surface area contributed by atoms with Crippen LogP contribution in [0.25, 0.3) is 5.57 Å². The van der Waals surface area contributed by atoms with Crippen LogP contribution < -0.4 is 0 Å². The van der Waals surface area contributed by atoms with Crippen molar-refractivity contribution in [2.24, 2.45) is 4.99 Å². The van der Waals surface area contributed by atoms with Gasteiger partial charge in [0.05, 0.1) is 45.0 Å². The maximum atomic E-state index is 12.1. The summed E-state index contributed by atoms with van der Waals surface area (Å²) in [6.45, 7) is 2.53. The second-order valence-corrected chi connectivity index (χ2v) is 7.71. The van der Waals surface area contributed by atoms with Gasteiger partial charge in [0.1, 0.15) is 5.84 Å². The van der Waals surface area contributed by atoms with Crippen LogP contribution in [0.4, 0.5) is 5.69 Å². The van der Waals surface area contributed by atoms with Crippen molar-refractivity contribution in [2.75, 3.05) is 33.2 Å². The number of piperazine rings is 1. The zero-order valence-corrected chi connectivity index (χ0v) is 14.9. The lowest BCUT2D eigenvalue weighted by Gasteiger charge is -2.45. The van der Waals surface area contributed by atoms with Gasteiger partial charge in [0.15, 0.2) is 0 Å². The number of likely N-dealkylation sites (N-methyl/N-ethyl adjacent to an activating group) is 1. The summed E-state index contributed by atoms with van der Waals surface area (Å²) in [5, 5.41) is 29.6. The van der Waals surface area contributed by atoms with E-state index in [4.69, 9.17) is 4.99 Å². The number of amidine groups is 1. The summed E-state index contributed by atoms with van der Waals surface area (Å²) in [6.07, 6.45) is 1.61. The van der Waals surface area contributed by atoms with Crippen LogP contribution in [0.3, 0.4) is 0 Å². The van der Waals surface area contributed by atoms with E-state index in [9.17, 15) is 10.5 Å². The van der Waals surface area contributed by atoms with Gasteiger partial charge in [-0.25, -0.2) is 4.99 Å². The first-order chi connectivity index (χ1) is 11.6. The molecule has 0 aromatic carbocycles. The number of hydrogen-bond donors (Lipinski definition) is 0. The lowest BCUT2D eigenvalue weighted by Crippen LogP contribution is -2.55. The van der Waals surface area contributed by atoms with Crippen LogP contribution in [0, 0.1) is 16.5 Å². The summed E-state index contributed by atoms with van der Waals surface area (Å²) in [5.74, 6) is 0.923. The molecule has 24 heavy (non-hydrogen) atoms. The molecular formula is C17H16N4OS2. The molecule has 1 saturated heterocycles. The number of quaternary nitrogens is 1. The summed E-state index contributed by atoms with van der Waals surface area (Å²) in [5.41, 5.74) is 4.97. The molecule has 4 heterocycles. The van der Waals surface area contributed by atoms with Gasteiger partial charge in [0.2, 0.25) is 0 Å². The maximum Gasteiger partial charge on any atom is 0.138 e. The third kappa shape index (κ3) is 2.58. The van der Waals surface area contributed by atoms with Crippen LogP contribution >= 0.6 is 22.7 Å². The number of fused-ring (bicyclic) bond motifs is 2. The van der Waals surface area contributed by atoms with Crippen molar-refractivity contribution in [3.63, 3.8) is 0 Å². The minimum atomic E-state index is -0.191. The van der Waals surface area contributed by atoms with Crippen molar-refractivity contribution in [1.29, 1.82) is 5.26 Å². The van der Waals surface area contributed by atoms with Crippen molar-refractivity contribution in [2.45, 2.75) is 0 Å². The standard InChI is InChI=1S/C17H16N4OS2/c1-21(22)6-4-20(5-7-21)17-15-10-23-8-13(15)12(2-3-18)14-9-24-11-16(14)19-17/h2,8-11H,4-7H2,1H3/b12-2-. The van der Waals surface area contributed by atoms with Crippen LogP contribution in [0.1, 0.15) is 16.7 Å². The van der Waals surface area contributed by atoms with Crippen LogP contribution in [-0.2, 0) is 0 Å². The van der Waals surface area contributed by atoms with E-state index in [1.165, 1.54) is 0 Å². The molecule has 0 amide bonds. The summed E-state index contributed by atoms with van der Waals surface area (Å²) in [7, 11) is 1.73. The van der Waals surface area contributed by atoms with Crippen LogP contribution in [-0.4, -0.2) is 48.6 Å². The van der Waals surface area contributed by atoms with Gasteiger partial charge in [0, 0.05) is 44.5 Å². The Balaban J connectivity index is 1.83. The lowest BCUT2D eigenvalue weighted by molar-refractivity contribution is -0.864. The van der Waals surface area contributed by atoms with Crippen molar-refractivity contribution in [3.05, 3.63) is 49.5 Å². The minimum absolute atomic E-state index is 0.191. The van der Waals surface area contributed by atoms with Crippen molar-refractivity contribution < 1.29 is 4.65 Å². The monoisotopic (exact) mass is 356 g/mol. The fraction of sp³-hybridized carbons (Fsp3) is 0.294. The van der Waals surface area contributed by atoms with Gasteiger partial charge >= 0.3 is 0 Å². The molecule has 0 unspecified atom stereocenters. The zero-order valence-electron chi connectivity index (χ0n) is 13.2. The molecular weight excluding hydrogens is 340 g/mol. The predicted octanol–water partition coefficient (Wildman–Crippen LogP) is 3.42. The third-order valence-corrected chi connectivity index (χ3v) is 6.02. The Morgan fingerprint density at radius 1 is 1.17 bits per heavy atom. The Labute approximate surface area is 148 Å². The van der Waals surface area contributed by atoms with Gasteiger partial charge in [-0.2, -0.15) is 16.6 Å². The summed E-state index contributed by atoms with van der Waals surface area (Å²) < 4.78 is -0.191. The summed E-state index contributed by atoms with van der Waals surface area (Å²) >= 11 is 3.21. The molecule has 1 fully saturated rings. The Morgan fingerprint density at radius 3 is 2.58 bits per heavy atom. The van der Waals surface area contributed by atoms with E-state index in [0.717, 1.165) is 33.8 Å². The molecule has 0 atom stereocenters. The van der Waals surface area contributed by atoms with Gasteiger partial charge in [-0.05, 0) is 5.38 Å². The second-order valence-electron chi connectivity index (χ2n) is 6.22. The van der Waals surface area contributed by atoms with E-state index in [0.29, 0.717) is 26.2 Å². The highest BCUT2D eigenvalue weighted by Crippen LogP contribution is 2.40. The Kier molecular flexibility index (Phi) is 3.77. The fourth-order valence-corrected chi connectivity index (χ4v) is 4.72. The van der Waals surface area contributed by atoms with Gasteiger partial charge in [-0.3, -0.25) is 0 Å². The molecule has 2 aliphatic rings. The molecule has 2 aromatic heterocycles. The van der Waals surface area contributed by atoms with Gasteiger partial charge in [0.25, 0.3) is 0 Å². The Morgan fingerprint density at radius 2 is 1.83 bits per heavy atom. The van der Waals surface area contributed by atoms with Gasteiger partial charge < -0.3 is 14.8 Å². The fourth-order valence-electron chi connectivity index (χ4n) is 3.14. The molecule has 0 bridgehead atoms. The number of hydroxylamine groups is 3. The molecule has 2 aromatic rings. The van der Waals surface area contributed by atoms with Gasteiger partial charge in [-0.1, -0.05) is 0 Å². The average Bonchev–Trinajstić information content (AvgIpc) is 3.18. The summed E-state index contributed by atoms with van der Waals surface area (Å²) in [6, 6.07) is 2.17. The summed E-state index contributed by atoms with van der Waals surface area (Å²) in [4.78, 5) is 7.13. The van der Waals surface area contributed by atoms with Crippen LogP contribution in [0.15, 0.2) is 32.6 Å². The predicted molar refractivity (Wildman–Crippen MR) is 98.4 cm³/mol. The topological polar surface area (TPSA) is 62.4 Å². The second kappa shape index (κ2) is 5.83. The Hall–Kier alpha value is -1.98. The molecule has 2 aliphatic heterocycles. The number of aliphatic imine (C=N–C) groups is 1. The molecule has 5 nitrogen and oxygen atoms in total. The minimum Gasteiger partial charge on any atom is -0.633 e. The highest BCUT2D eigenvalue weighted by molar-refractivity contribution is 7.09. The smallest absolute Gasteiger partial charge is 0.138 e. The van der Waals surface area contributed by atoms with Crippen LogP contribution in [0.5, 0.6) is 0 Å². The number of allylic oxidation sites excluding steroid dienone is 1. The molecule has 0 radical (unpaired) electrons. The molecule has 0 aliphatic carbocycles. The Bertz CT molecular complexity index is 875. The SMILES string of the molecule is C[N+]1([O-])CCN(C2=Nc3cscc3/C(=C\C#N)c3cscc32)CC1. The lowest BCUT2D eigenvalue weighted by atomic mass is 9.99. The first-order valence-electron chi connectivity index (χ1n) is 7.71. The maximum absolute atomic E-state index is 12.1. The number of thiophene rings is 2.